The number of nitrogens with two attached hydrogens (primary N) is 1. The van der Waals surface area contributed by atoms with Crippen molar-refractivity contribution in [2.24, 2.45) is 0 Å². The Balaban J connectivity index is 1.51. The van der Waals surface area contributed by atoms with Crippen LogP contribution in [-0.2, 0) is 29.3 Å². The Morgan fingerprint density at radius 2 is 1.93 bits per heavy atom. The molecule has 4 heterocycles. The third-order valence-electron chi connectivity index (χ3n) is 5.60. The number of nitrogens with one attached hydrogen (secondary N) is 1. The van der Waals surface area contributed by atoms with E-state index >= 15 is 0 Å². The maximum absolute atomic E-state index is 13.8. The number of benzene rings is 1. The number of fused-ring (bicyclic) bond motifs is 4. The average Bonchev–Trinajstić information content (AvgIpc) is 3.34. The first-order valence-electron chi connectivity index (χ1n) is 9.14. The maximum atomic E-state index is 13.8. The monoisotopic (exact) mass is 400 g/mol. The van der Waals surface area contributed by atoms with Gasteiger partial charge in [-0.3, -0.25) is 4.79 Å². The quantitative estimate of drug-likeness (QED) is 0.690. The van der Waals surface area contributed by atoms with Crippen LogP contribution in [0.4, 0.5) is 14.6 Å². The average molecular weight is 400 g/mol. The molecule has 7 nitrogen and oxygen atoms in total. The highest BCUT2D eigenvalue weighted by Gasteiger charge is 2.31. The third-order valence-corrected chi connectivity index (χ3v) is 5.60. The molecule has 1 aromatic carbocycles. The summed E-state index contributed by atoms with van der Waals surface area (Å²) in [6.45, 7) is 1.16. The number of carbonyl (C=O) groups excluding carboxylic acids is 1. The SMILES string of the molecule is CN(C(=O)c1cc2nc(N)c3c(c2[nH]1)COC3)[C@@H]1COCc2cc(F)c(F)cc21. The number of hydrogen-bond acceptors (Lipinski definition) is 5. The number of H-pyrrole nitrogens is 1. The maximum Gasteiger partial charge on any atom is 0.270 e. The third kappa shape index (κ3) is 2.77. The van der Waals surface area contributed by atoms with Gasteiger partial charge in [0.15, 0.2) is 11.6 Å². The van der Waals surface area contributed by atoms with E-state index in [2.05, 4.69) is 9.97 Å². The van der Waals surface area contributed by atoms with Gasteiger partial charge < -0.3 is 25.1 Å². The zero-order chi connectivity index (χ0) is 20.3. The standard InChI is InChI=1S/C20H18F2N4O3/c1-26(17-8-28-5-9-2-13(21)14(22)3-10(9)17)20(27)16-4-15-18(24-16)11-6-29-7-12(11)19(23)25-15/h2-4,17,24H,5-8H2,1H3,(H2,23,25)/t17-/m1/s1. The van der Waals surface area contributed by atoms with Gasteiger partial charge in [0.25, 0.3) is 5.91 Å². The van der Waals surface area contributed by atoms with Gasteiger partial charge in [-0.05, 0) is 29.3 Å². The van der Waals surface area contributed by atoms with Crippen molar-refractivity contribution in [1.29, 1.82) is 0 Å². The lowest BCUT2D eigenvalue weighted by Crippen LogP contribution is -2.36. The van der Waals surface area contributed by atoms with Crippen LogP contribution in [0.25, 0.3) is 11.0 Å². The van der Waals surface area contributed by atoms with Crippen molar-refractivity contribution < 1.29 is 23.0 Å². The van der Waals surface area contributed by atoms with Gasteiger partial charge in [0, 0.05) is 18.2 Å². The molecule has 1 atom stereocenters. The Labute approximate surface area is 164 Å². The Morgan fingerprint density at radius 1 is 1.17 bits per heavy atom. The van der Waals surface area contributed by atoms with Crippen LogP contribution in [0.2, 0.25) is 0 Å². The lowest BCUT2D eigenvalue weighted by atomic mass is 9.97. The molecule has 2 aromatic heterocycles. The molecule has 29 heavy (non-hydrogen) atoms. The summed E-state index contributed by atoms with van der Waals surface area (Å²) in [6.07, 6.45) is 0. The number of carbonyl (C=O) groups is 1. The van der Waals surface area contributed by atoms with Gasteiger partial charge >= 0.3 is 0 Å². The molecule has 3 N–H and O–H groups in total. The Kier molecular flexibility index (Phi) is 4.04. The highest BCUT2D eigenvalue weighted by molar-refractivity contribution is 5.98. The number of aromatic amines is 1. The van der Waals surface area contributed by atoms with Crippen LogP contribution in [0.15, 0.2) is 18.2 Å². The van der Waals surface area contributed by atoms with E-state index in [0.29, 0.717) is 41.4 Å². The Bertz CT molecular complexity index is 1160. The molecule has 0 unspecified atom stereocenters. The summed E-state index contributed by atoms with van der Waals surface area (Å²) in [5.41, 5.74) is 10.4. The highest BCUT2D eigenvalue weighted by atomic mass is 19.2. The van der Waals surface area contributed by atoms with Gasteiger partial charge in [0.05, 0.1) is 43.5 Å². The molecule has 0 saturated heterocycles. The van der Waals surface area contributed by atoms with Gasteiger partial charge in [0.2, 0.25) is 0 Å². The van der Waals surface area contributed by atoms with Gasteiger partial charge in [-0.25, -0.2) is 13.8 Å². The normalized spacial score (nSPS) is 18.0. The zero-order valence-electron chi connectivity index (χ0n) is 15.6. The summed E-state index contributed by atoms with van der Waals surface area (Å²) in [5, 5.41) is 0. The van der Waals surface area contributed by atoms with E-state index in [4.69, 9.17) is 15.2 Å². The number of ether oxygens (including phenoxy) is 2. The molecule has 3 aromatic rings. The molecule has 2 aliphatic heterocycles. The molecule has 2 aliphatic rings. The van der Waals surface area contributed by atoms with Crippen LogP contribution in [0.1, 0.15) is 38.8 Å². The zero-order valence-corrected chi connectivity index (χ0v) is 15.6. The molecular formula is C20H18F2N4O3. The van der Waals surface area contributed by atoms with E-state index in [1.807, 2.05) is 0 Å². The largest absolute Gasteiger partial charge is 0.383 e. The number of nitrogens with zero attached hydrogens (tertiary/aromatic N) is 2. The van der Waals surface area contributed by atoms with E-state index in [1.165, 1.54) is 4.90 Å². The fourth-order valence-electron chi connectivity index (χ4n) is 4.02. The van der Waals surface area contributed by atoms with Crippen molar-refractivity contribution >= 4 is 22.8 Å². The molecule has 9 heteroatoms. The Hall–Kier alpha value is -3.04. The van der Waals surface area contributed by atoms with Gasteiger partial charge in [-0.2, -0.15) is 0 Å². The first kappa shape index (κ1) is 18.0. The van der Waals surface area contributed by atoms with Crippen molar-refractivity contribution in [1.82, 2.24) is 14.9 Å². The van der Waals surface area contributed by atoms with E-state index in [-0.39, 0.29) is 19.1 Å². The number of halogens is 2. The lowest BCUT2D eigenvalue weighted by Gasteiger charge is -2.33. The van der Waals surface area contributed by atoms with Crippen LogP contribution < -0.4 is 5.73 Å². The number of hydrogen-bond donors (Lipinski definition) is 2. The molecule has 0 fully saturated rings. The lowest BCUT2D eigenvalue weighted by molar-refractivity contribution is 0.0340. The van der Waals surface area contributed by atoms with Crippen molar-refractivity contribution in [3.63, 3.8) is 0 Å². The number of aromatic nitrogens is 2. The van der Waals surface area contributed by atoms with Crippen molar-refractivity contribution in [2.45, 2.75) is 25.9 Å². The Morgan fingerprint density at radius 3 is 2.76 bits per heavy atom. The molecular weight excluding hydrogens is 382 g/mol. The van der Waals surface area contributed by atoms with Crippen molar-refractivity contribution in [2.75, 3.05) is 19.4 Å². The van der Waals surface area contributed by atoms with Crippen LogP contribution in [0, 0.1) is 11.6 Å². The number of likely N-dealkylation sites (N-methyl/N-ethyl adjacent to an activating group) is 1. The van der Waals surface area contributed by atoms with Gasteiger partial charge in [-0.15, -0.1) is 0 Å². The van der Waals surface area contributed by atoms with Crippen molar-refractivity contribution in [3.8, 4) is 0 Å². The highest BCUT2D eigenvalue weighted by Crippen LogP contribution is 2.33. The summed E-state index contributed by atoms with van der Waals surface area (Å²) < 4.78 is 38.4. The molecule has 0 spiro atoms. The van der Waals surface area contributed by atoms with Crippen LogP contribution in [-0.4, -0.2) is 34.4 Å². The minimum Gasteiger partial charge on any atom is -0.383 e. The summed E-state index contributed by atoms with van der Waals surface area (Å²) in [5.74, 6) is -1.81. The number of pyridine rings is 1. The molecule has 1 amide bonds. The second kappa shape index (κ2) is 6.50. The second-order valence-electron chi connectivity index (χ2n) is 7.30. The fourth-order valence-corrected chi connectivity index (χ4v) is 4.02. The van der Waals surface area contributed by atoms with Crippen LogP contribution >= 0.6 is 0 Å². The van der Waals surface area contributed by atoms with E-state index in [9.17, 15) is 13.6 Å². The number of nitrogen functional groups attached to an aromatic ring is 1. The van der Waals surface area contributed by atoms with E-state index in [0.717, 1.165) is 28.8 Å². The molecule has 0 saturated carbocycles. The van der Waals surface area contributed by atoms with E-state index < -0.39 is 17.7 Å². The van der Waals surface area contributed by atoms with Gasteiger partial charge in [0.1, 0.15) is 11.5 Å². The summed E-state index contributed by atoms with van der Waals surface area (Å²) in [6, 6.07) is 3.35. The minimum atomic E-state index is -0.947. The first-order valence-corrected chi connectivity index (χ1v) is 9.14. The first-order chi connectivity index (χ1) is 13.9. The fraction of sp³-hybridized carbons (Fsp3) is 0.300. The second-order valence-corrected chi connectivity index (χ2v) is 7.30. The predicted octanol–water partition coefficient (Wildman–Crippen LogP) is 2.80. The molecule has 5 rings (SSSR count). The molecule has 0 radical (unpaired) electrons. The molecule has 0 bridgehead atoms. The van der Waals surface area contributed by atoms with Crippen LogP contribution in [0.5, 0.6) is 0 Å². The number of rotatable bonds is 2. The smallest absolute Gasteiger partial charge is 0.270 e. The van der Waals surface area contributed by atoms with Gasteiger partial charge in [-0.1, -0.05) is 0 Å². The minimum absolute atomic E-state index is 0.173. The van der Waals surface area contributed by atoms with Crippen molar-refractivity contribution in [3.05, 3.63) is 57.8 Å². The molecule has 0 aliphatic carbocycles. The predicted molar refractivity (Wildman–Crippen MR) is 99.8 cm³/mol. The summed E-state index contributed by atoms with van der Waals surface area (Å²) in [7, 11) is 1.60. The number of anilines is 1. The summed E-state index contributed by atoms with van der Waals surface area (Å²) >= 11 is 0. The molecule has 150 valence electrons. The van der Waals surface area contributed by atoms with E-state index in [1.54, 1.807) is 13.1 Å². The number of amides is 1. The van der Waals surface area contributed by atoms with Crippen LogP contribution in [0.3, 0.4) is 0 Å². The summed E-state index contributed by atoms with van der Waals surface area (Å²) in [4.78, 5) is 22.1. The topological polar surface area (TPSA) is 93.5 Å².